The van der Waals surface area contributed by atoms with Crippen molar-refractivity contribution in [2.45, 2.75) is 85.8 Å². The van der Waals surface area contributed by atoms with Crippen LogP contribution in [0, 0.1) is 13.8 Å². The van der Waals surface area contributed by atoms with Crippen molar-refractivity contribution >= 4 is 11.5 Å². The van der Waals surface area contributed by atoms with Crippen molar-refractivity contribution < 1.29 is 9.53 Å². The van der Waals surface area contributed by atoms with Crippen LogP contribution in [-0.2, 0) is 24.2 Å². The Morgan fingerprint density at radius 1 is 1.10 bits per heavy atom. The number of primary amides is 1. The zero-order chi connectivity index (χ0) is 28.1. The molecule has 0 bridgehead atoms. The maximum atomic E-state index is 11.7. The van der Waals surface area contributed by atoms with Gasteiger partial charge in [0.1, 0.15) is 12.4 Å². The van der Waals surface area contributed by atoms with Crippen molar-refractivity contribution in [2.24, 2.45) is 5.73 Å². The number of nitrogens with zero attached hydrogens (tertiary/aromatic N) is 2. The zero-order valence-electron chi connectivity index (χ0n) is 24.2. The van der Waals surface area contributed by atoms with Gasteiger partial charge in [0.2, 0.25) is 5.91 Å². The number of hydrogen-bond acceptors (Lipinski definition) is 5. The minimum absolute atomic E-state index is 0.113. The average Bonchev–Trinajstić information content (AvgIpc) is 2.91. The van der Waals surface area contributed by atoms with Crippen LogP contribution in [0.1, 0.15) is 85.7 Å². The van der Waals surface area contributed by atoms with Crippen LogP contribution in [0.3, 0.4) is 0 Å². The van der Waals surface area contributed by atoms with Crippen molar-refractivity contribution in [3.05, 3.63) is 81.7 Å². The zero-order valence-corrected chi connectivity index (χ0v) is 24.2. The Kier molecular flexibility index (Phi) is 9.18. The first-order valence-electron chi connectivity index (χ1n) is 14.2. The molecule has 0 aliphatic carbocycles. The summed E-state index contributed by atoms with van der Waals surface area (Å²) in [6.45, 7) is 14.0. The molecule has 2 aromatic carbocycles. The summed E-state index contributed by atoms with van der Waals surface area (Å²) in [6.07, 6.45) is 4.98. The number of benzene rings is 2. The van der Waals surface area contributed by atoms with Crippen molar-refractivity contribution in [3.8, 4) is 17.1 Å². The molecule has 0 saturated heterocycles. The molecule has 2 heterocycles. The van der Waals surface area contributed by atoms with Crippen LogP contribution in [0.5, 0.6) is 5.75 Å². The van der Waals surface area contributed by atoms with E-state index in [0.717, 1.165) is 71.0 Å². The number of rotatable bonds is 10. The van der Waals surface area contributed by atoms with E-state index in [1.54, 1.807) is 0 Å². The molecule has 1 amide bonds. The van der Waals surface area contributed by atoms with Gasteiger partial charge >= 0.3 is 0 Å². The van der Waals surface area contributed by atoms with Crippen LogP contribution in [0.2, 0.25) is 0 Å². The van der Waals surface area contributed by atoms with Crippen LogP contribution in [0.4, 0.5) is 0 Å². The van der Waals surface area contributed by atoms with Gasteiger partial charge in [-0.1, -0.05) is 64.1 Å². The molecule has 0 saturated carbocycles. The standard InChI is InChI=1S/C33H42N4O2/c1-7-23-10-9-11-24(8-2)31(23)33-36-22(6)28(19-39-29-17-25(20(3)4)13-12-21(29)5)32(37-33)26-14-15-35-27(16-26)18-30(34)38/h9-13,16-17,20,27,35H,7-8,14-15,18-19H2,1-6H3,(H2,34,38). The van der Waals surface area contributed by atoms with E-state index in [0.29, 0.717) is 12.5 Å². The largest absolute Gasteiger partial charge is 0.488 e. The topological polar surface area (TPSA) is 90.1 Å². The number of hydrogen-bond donors (Lipinski definition) is 2. The van der Waals surface area contributed by atoms with Crippen LogP contribution in [-0.4, -0.2) is 28.5 Å². The molecular formula is C33H42N4O2. The average molecular weight is 527 g/mol. The molecule has 1 aliphatic heterocycles. The lowest BCUT2D eigenvalue weighted by Crippen LogP contribution is -2.35. The fraction of sp³-hybridized carbons (Fsp3) is 0.424. The Hall–Kier alpha value is -3.51. The number of nitrogens with one attached hydrogen (secondary N) is 1. The van der Waals surface area contributed by atoms with E-state index in [1.165, 1.54) is 16.7 Å². The van der Waals surface area contributed by atoms with E-state index in [-0.39, 0.29) is 18.4 Å². The lowest BCUT2D eigenvalue weighted by atomic mass is 9.94. The fourth-order valence-corrected chi connectivity index (χ4v) is 5.28. The highest BCUT2D eigenvalue weighted by Gasteiger charge is 2.23. The predicted molar refractivity (Wildman–Crippen MR) is 159 cm³/mol. The molecule has 206 valence electrons. The van der Waals surface area contributed by atoms with Gasteiger partial charge in [-0.15, -0.1) is 0 Å². The number of amides is 1. The molecule has 3 aromatic rings. The fourth-order valence-electron chi connectivity index (χ4n) is 5.28. The highest BCUT2D eigenvalue weighted by molar-refractivity contribution is 5.76. The first-order chi connectivity index (χ1) is 18.7. The Balaban J connectivity index is 1.83. The van der Waals surface area contributed by atoms with E-state index in [9.17, 15) is 4.79 Å². The molecule has 0 radical (unpaired) electrons. The van der Waals surface area contributed by atoms with Gasteiger partial charge in [-0.2, -0.15) is 0 Å². The third-order valence-corrected chi connectivity index (χ3v) is 7.62. The smallest absolute Gasteiger partial charge is 0.219 e. The summed E-state index contributed by atoms with van der Waals surface area (Å²) < 4.78 is 6.46. The van der Waals surface area contributed by atoms with Gasteiger partial charge in [0.05, 0.1) is 5.69 Å². The monoisotopic (exact) mass is 526 g/mol. The molecule has 1 unspecified atom stereocenters. The maximum absolute atomic E-state index is 11.7. The summed E-state index contributed by atoms with van der Waals surface area (Å²) in [5.74, 6) is 1.73. The number of aromatic nitrogens is 2. The SMILES string of the molecule is CCc1cccc(CC)c1-c1nc(C)c(COc2cc(C(C)C)ccc2C)c(C2=CC(CC(N)=O)NCC2)n1. The summed E-state index contributed by atoms with van der Waals surface area (Å²) in [4.78, 5) is 22.0. The van der Waals surface area contributed by atoms with Gasteiger partial charge in [0.25, 0.3) is 0 Å². The van der Waals surface area contributed by atoms with Crippen LogP contribution in [0.25, 0.3) is 17.0 Å². The summed E-state index contributed by atoms with van der Waals surface area (Å²) in [7, 11) is 0. The van der Waals surface area contributed by atoms with Crippen LogP contribution >= 0.6 is 0 Å². The molecule has 1 aromatic heterocycles. The normalized spacial score (nSPS) is 15.4. The summed E-state index contributed by atoms with van der Waals surface area (Å²) in [6, 6.07) is 12.8. The second-order valence-corrected chi connectivity index (χ2v) is 10.8. The highest BCUT2D eigenvalue weighted by atomic mass is 16.5. The summed E-state index contributed by atoms with van der Waals surface area (Å²) >= 11 is 0. The number of carbonyl (C=O) groups excluding carboxylic acids is 1. The molecule has 6 heteroatoms. The van der Waals surface area contributed by atoms with E-state index >= 15 is 0 Å². The minimum Gasteiger partial charge on any atom is -0.488 e. The van der Waals surface area contributed by atoms with Crippen molar-refractivity contribution in [2.75, 3.05) is 6.54 Å². The summed E-state index contributed by atoms with van der Waals surface area (Å²) in [5.41, 5.74) is 15.4. The Morgan fingerprint density at radius 3 is 2.46 bits per heavy atom. The van der Waals surface area contributed by atoms with E-state index in [2.05, 4.69) is 82.4 Å². The molecule has 0 fully saturated rings. The van der Waals surface area contributed by atoms with Gasteiger partial charge in [-0.25, -0.2) is 9.97 Å². The van der Waals surface area contributed by atoms with Gasteiger partial charge < -0.3 is 15.8 Å². The minimum atomic E-state index is -0.321. The van der Waals surface area contributed by atoms with Gasteiger partial charge in [-0.05, 0) is 79.5 Å². The highest BCUT2D eigenvalue weighted by Crippen LogP contribution is 2.33. The van der Waals surface area contributed by atoms with Crippen LogP contribution in [0.15, 0.2) is 42.5 Å². The molecule has 6 nitrogen and oxygen atoms in total. The van der Waals surface area contributed by atoms with Gasteiger partial charge in [-0.3, -0.25) is 4.79 Å². The lowest BCUT2D eigenvalue weighted by molar-refractivity contribution is -0.118. The molecule has 4 rings (SSSR count). The van der Waals surface area contributed by atoms with E-state index in [1.807, 2.05) is 6.92 Å². The van der Waals surface area contributed by atoms with Gasteiger partial charge in [0, 0.05) is 29.3 Å². The lowest BCUT2D eigenvalue weighted by Gasteiger charge is -2.24. The Morgan fingerprint density at radius 2 is 1.82 bits per heavy atom. The molecule has 1 aliphatic rings. The Bertz CT molecular complexity index is 1350. The van der Waals surface area contributed by atoms with Crippen molar-refractivity contribution in [1.29, 1.82) is 0 Å². The van der Waals surface area contributed by atoms with Crippen LogP contribution < -0.4 is 15.8 Å². The Labute approximate surface area is 233 Å². The quantitative estimate of drug-likeness (QED) is 0.328. The second-order valence-electron chi connectivity index (χ2n) is 10.8. The van der Waals surface area contributed by atoms with E-state index < -0.39 is 0 Å². The van der Waals surface area contributed by atoms with E-state index in [4.69, 9.17) is 20.4 Å². The second kappa shape index (κ2) is 12.6. The number of aryl methyl sites for hydroxylation is 4. The first kappa shape index (κ1) is 28.5. The third-order valence-electron chi connectivity index (χ3n) is 7.62. The third kappa shape index (κ3) is 6.56. The maximum Gasteiger partial charge on any atom is 0.219 e. The number of nitrogens with two attached hydrogens (primary N) is 1. The number of carbonyl (C=O) groups is 1. The van der Waals surface area contributed by atoms with Crippen molar-refractivity contribution in [1.82, 2.24) is 15.3 Å². The molecule has 3 N–H and O–H groups in total. The summed E-state index contributed by atoms with van der Waals surface area (Å²) in [5, 5.41) is 3.40. The molecule has 1 atom stereocenters. The molecular weight excluding hydrogens is 484 g/mol. The van der Waals surface area contributed by atoms with Gasteiger partial charge in [0.15, 0.2) is 5.82 Å². The molecule has 39 heavy (non-hydrogen) atoms. The first-order valence-corrected chi connectivity index (χ1v) is 14.2. The molecule has 0 spiro atoms. The van der Waals surface area contributed by atoms with Crippen molar-refractivity contribution in [3.63, 3.8) is 0 Å². The predicted octanol–water partition coefficient (Wildman–Crippen LogP) is 6.21. The number of ether oxygens (including phenoxy) is 1.